The third kappa shape index (κ3) is 3.38. The van der Waals surface area contributed by atoms with Crippen LogP contribution < -0.4 is 0 Å². The summed E-state index contributed by atoms with van der Waals surface area (Å²) in [7, 11) is 0. The molecule has 0 bridgehead atoms. The molecule has 0 radical (unpaired) electrons. The Kier molecular flexibility index (Phi) is 5.80. The molecule has 13 heavy (non-hydrogen) atoms. The van der Waals surface area contributed by atoms with Crippen molar-refractivity contribution in [2.45, 2.75) is 13.8 Å². The average Bonchev–Trinajstić information content (AvgIpc) is 2.20. The summed E-state index contributed by atoms with van der Waals surface area (Å²) < 4.78 is 4.11. The maximum Gasteiger partial charge on any atom is 0.353 e. The van der Waals surface area contributed by atoms with Crippen LogP contribution in [0, 0.1) is 0 Å². The van der Waals surface area contributed by atoms with E-state index in [4.69, 9.17) is 5.11 Å². The number of phenolic OH excluding ortho intramolecular Hbond substituents is 1. The maximum absolute atomic E-state index is 10.8. The molecule has 1 rings (SSSR count). The third-order valence-corrected chi connectivity index (χ3v) is 1.37. The van der Waals surface area contributed by atoms with E-state index in [0.717, 1.165) is 0 Å². The highest BCUT2D eigenvalue weighted by atomic mass is 32.1. The van der Waals surface area contributed by atoms with Crippen molar-refractivity contribution in [1.82, 2.24) is 0 Å². The number of aromatic hydroxyl groups is 1. The summed E-state index contributed by atoms with van der Waals surface area (Å²) in [6, 6.07) is 6.10. The molecule has 0 atom stereocenters. The molecule has 0 spiro atoms. The van der Waals surface area contributed by atoms with Gasteiger partial charge in [0, 0.05) is 12.9 Å². The highest BCUT2D eigenvalue weighted by Crippen LogP contribution is 2.16. The summed E-state index contributed by atoms with van der Waals surface area (Å²) in [5, 5.41) is 9.08. The zero-order valence-corrected chi connectivity index (χ0v) is 8.41. The Hall–Kier alpha value is -1.16. The van der Waals surface area contributed by atoms with Gasteiger partial charge in [0.15, 0.2) is 0 Å². The standard InChI is InChI=1S/C7H6O3S.C2H6/c8-6-4-2-1-3-5(6)7(9)10-11;1-2/h1-4,8,11H;1-2H3. The molecule has 0 saturated carbocycles. The number of rotatable bonds is 1. The molecule has 0 unspecified atom stereocenters. The molecule has 0 heterocycles. The van der Waals surface area contributed by atoms with E-state index in [9.17, 15) is 4.79 Å². The van der Waals surface area contributed by atoms with Gasteiger partial charge in [-0.3, -0.25) is 0 Å². The van der Waals surface area contributed by atoms with E-state index in [2.05, 4.69) is 17.1 Å². The van der Waals surface area contributed by atoms with Gasteiger partial charge in [0.2, 0.25) is 0 Å². The lowest BCUT2D eigenvalue weighted by molar-refractivity contribution is 0.0769. The lowest BCUT2D eigenvalue weighted by Gasteiger charge is -1.98. The highest BCUT2D eigenvalue weighted by Gasteiger charge is 2.09. The lowest BCUT2D eigenvalue weighted by atomic mass is 10.2. The molecule has 0 aliphatic rings. The van der Waals surface area contributed by atoms with Crippen molar-refractivity contribution in [3.63, 3.8) is 0 Å². The molecule has 3 nitrogen and oxygen atoms in total. The predicted molar refractivity (Wildman–Crippen MR) is 53.9 cm³/mol. The van der Waals surface area contributed by atoms with Crippen LogP contribution in [0.2, 0.25) is 0 Å². The van der Waals surface area contributed by atoms with Crippen LogP contribution >= 0.6 is 12.9 Å². The number of para-hydroxylation sites is 1. The van der Waals surface area contributed by atoms with Gasteiger partial charge in [-0.1, -0.05) is 26.0 Å². The minimum Gasteiger partial charge on any atom is -0.507 e. The molecule has 4 heteroatoms. The first kappa shape index (κ1) is 11.8. The lowest BCUT2D eigenvalue weighted by Crippen LogP contribution is -1.97. The van der Waals surface area contributed by atoms with Crippen molar-refractivity contribution in [2.75, 3.05) is 0 Å². The van der Waals surface area contributed by atoms with Crippen LogP contribution in [0.3, 0.4) is 0 Å². The van der Waals surface area contributed by atoms with Crippen molar-refractivity contribution < 1.29 is 14.1 Å². The number of carbonyl (C=O) groups excluding carboxylic acids is 1. The fraction of sp³-hybridized carbons (Fsp3) is 0.222. The number of benzene rings is 1. The Balaban J connectivity index is 0.000000671. The van der Waals surface area contributed by atoms with E-state index < -0.39 is 5.97 Å². The van der Waals surface area contributed by atoms with Gasteiger partial charge in [-0.05, 0) is 12.1 Å². The third-order valence-electron chi connectivity index (χ3n) is 1.21. The Morgan fingerprint density at radius 1 is 1.38 bits per heavy atom. The summed E-state index contributed by atoms with van der Waals surface area (Å²) >= 11 is 3.31. The van der Waals surface area contributed by atoms with Gasteiger partial charge in [0.1, 0.15) is 11.3 Å². The number of hydrogen-bond acceptors (Lipinski definition) is 4. The largest absolute Gasteiger partial charge is 0.507 e. The molecule has 72 valence electrons. The van der Waals surface area contributed by atoms with Crippen LogP contribution in [0.25, 0.3) is 0 Å². The van der Waals surface area contributed by atoms with Gasteiger partial charge in [0.05, 0.1) is 0 Å². The topological polar surface area (TPSA) is 46.5 Å². The van der Waals surface area contributed by atoms with Crippen LogP contribution in [0.4, 0.5) is 0 Å². The molecular weight excluding hydrogens is 188 g/mol. The normalized spacial score (nSPS) is 8.23. The number of hydrogen-bond donors (Lipinski definition) is 2. The van der Waals surface area contributed by atoms with Crippen LogP contribution in [-0.2, 0) is 4.18 Å². The van der Waals surface area contributed by atoms with Gasteiger partial charge in [-0.15, -0.1) is 0 Å². The molecule has 0 fully saturated rings. The quantitative estimate of drug-likeness (QED) is 0.540. The van der Waals surface area contributed by atoms with Crippen molar-refractivity contribution >= 4 is 18.9 Å². The van der Waals surface area contributed by atoms with Gasteiger partial charge >= 0.3 is 5.97 Å². The van der Waals surface area contributed by atoms with E-state index in [1.807, 2.05) is 13.8 Å². The minimum absolute atomic E-state index is 0.105. The van der Waals surface area contributed by atoms with Crippen molar-refractivity contribution in [2.24, 2.45) is 0 Å². The van der Waals surface area contributed by atoms with Gasteiger partial charge in [-0.25, -0.2) is 4.79 Å². The van der Waals surface area contributed by atoms with Gasteiger partial charge < -0.3 is 9.29 Å². The van der Waals surface area contributed by atoms with Gasteiger partial charge in [-0.2, -0.15) is 0 Å². The van der Waals surface area contributed by atoms with Crippen molar-refractivity contribution in [3.8, 4) is 5.75 Å². The van der Waals surface area contributed by atoms with Crippen LogP contribution in [-0.4, -0.2) is 11.1 Å². The summed E-state index contributed by atoms with van der Waals surface area (Å²) in [5.41, 5.74) is 0.113. The zero-order valence-electron chi connectivity index (χ0n) is 7.52. The van der Waals surface area contributed by atoms with Crippen LogP contribution in [0.1, 0.15) is 24.2 Å². The van der Waals surface area contributed by atoms with Crippen molar-refractivity contribution in [3.05, 3.63) is 29.8 Å². The molecule has 0 amide bonds. The molecule has 1 aromatic rings. The SMILES string of the molecule is CC.O=C(OS)c1ccccc1O. The minimum atomic E-state index is -0.661. The number of thiol groups is 1. The first-order valence-corrected chi connectivity index (χ1v) is 4.26. The van der Waals surface area contributed by atoms with Crippen LogP contribution in [0.15, 0.2) is 24.3 Å². The molecule has 0 aromatic heterocycles. The fourth-order valence-electron chi connectivity index (χ4n) is 0.695. The molecule has 1 aromatic carbocycles. The monoisotopic (exact) mass is 200 g/mol. The summed E-state index contributed by atoms with van der Waals surface area (Å²) in [4.78, 5) is 10.8. The van der Waals surface area contributed by atoms with Crippen molar-refractivity contribution in [1.29, 1.82) is 0 Å². The van der Waals surface area contributed by atoms with Crippen LogP contribution in [0.5, 0.6) is 5.75 Å². The highest BCUT2D eigenvalue weighted by molar-refractivity contribution is 7.75. The molecule has 0 aliphatic carbocycles. The second-order valence-corrected chi connectivity index (χ2v) is 2.08. The predicted octanol–water partition coefficient (Wildman–Crippen LogP) is 2.42. The van der Waals surface area contributed by atoms with E-state index in [1.165, 1.54) is 12.1 Å². The van der Waals surface area contributed by atoms with E-state index >= 15 is 0 Å². The Morgan fingerprint density at radius 3 is 2.38 bits per heavy atom. The Morgan fingerprint density at radius 2 is 1.92 bits per heavy atom. The second-order valence-electron chi connectivity index (χ2n) is 1.90. The zero-order chi connectivity index (χ0) is 10.3. The number of phenols is 1. The Labute approximate surface area is 83.0 Å². The summed E-state index contributed by atoms with van der Waals surface area (Å²) in [5.74, 6) is -0.766. The molecule has 0 saturated heterocycles. The smallest absolute Gasteiger partial charge is 0.353 e. The average molecular weight is 200 g/mol. The first-order chi connectivity index (χ1) is 6.25. The number of carbonyl (C=O) groups is 1. The fourth-order valence-corrected chi connectivity index (χ4v) is 0.794. The second kappa shape index (κ2) is 6.37. The summed E-state index contributed by atoms with van der Waals surface area (Å²) in [6.45, 7) is 4.00. The van der Waals surface area contributed by atoms with E-state index in [0.29, 0.717) is 0 Å². The van der Waals surface area contributed by atoms with E-state index in [1.54, 1.807) is 12.1 Å². The van der Waals surface area contributed by atoms with Gasteiger partial charge in [0.25, 0.3) is 0 Å². The molecular formula is C9H12O3S. The van der Waals surface area contributed by atoms with E-state index in [-0.39, 0.29) is 11.3 Å². The first-order valence-electron chi connectivity index (χ1n) is 3.89. The summed E-state index contributed by atoms with van der Waals surface area (Å²) in [6.07, 6.45) is 0. The maximum atomic E-state index is 10.8. The Bertz CT molecular complexity index is 273. The molecule has 1 N–H and O–H groups in total. The molecule has 0 aliphatic heterocycles.